The van der Waals surface area contributed by atoms with Crippen molar-refractivity contribution >= 4 is 34.3 Å². The van der Waals surface area contributed by atoms with Crippen molar-refractivity contribution < 1.29 is 4.79 Å². The van der Waals surface area contributed by atoms with Gasteiger partial charge in [0, 0.05) is 11.1 Å². The number of anilines is 1. The van der Waals surface area contributed by atoms with Gasteiger partial charge in [0.15, 0.2) is 0 Å². The fraction of sp³-hybridized carbons (Fsp3) is 0.263. The first-order valence-corrected chi connectivity index (χ1v) is 9.86. The van der Waals surface area contributed by atoms with E-state index in [0.29, 0.717) is 6.42 Å². The van der Waals surface area contributed by atoms with Gasteiger partial charge in [-0.25, -0.2) is 4.98 Å². The van der Waals surface area contributed by atoms with Crippen LogP contribution in [0.15, 0.2) is 41.1 Å². The van der Waals surface area contributed by atoms with Gasteiger partial charge in [0.1, 0.15) is 5.01 Å². The highest BCUT2D eigenvalue weighted by Crippen LogP contribution is 2.28. The van der Waals surface area contributed by atoms with Gasteiger partial charge in [0.2, 0.25) is 5.91 Å². The van der Waals surface area contributed by atoms with Crippen LogP contribution in [-0.4, -0.2) is 10.9 Å². The molecule has 5 heteroatoms. The van der Waals surface area contributed by atoms with Crippen LogP contribution in [0.1, 0.15) is 30.7 Å². The number of hydrogen-bond acceptors (Lipinski definition) is 4. The highest BCUT2D eigenvalue weighted by molar-refractivity contribution is 7.20. The van der Waals surface area contributed by atoms with Crippen molar-refractivity contribution in [3.63, 3.8) is 0 Å². The lowest BCUT2D eigenvalue weighted by Crippen LogP contribution is -2.17. The van der Waals surface area contributed by atoms with E-state index in [0.717, 1.165) is 34.1 Å². The molecule has 0 atom stereocenters. The highest BCUT2D eigenvalue weighted by Gasteiger charge is 2.13. The van der Waals surface area contributed by atoms with Crippen molar-refractivity contribution in [2.75, 3.05) is 5.32 Å². The Morgan fingerprint density at radius 2 is 1.83 bits per heavy atom. The molecule has 1 amide bonds. The summed E-state index contributed by atoms with van der Waals surface area (Å²) in [6, 6.07) is 10.3. The van der Waals surface area contributed by atoms with Crippen molar-refractivity contribution in [3.8, 4) is 9.88 Å². The minimum Gasteiger partial charge on any atom is -0.325 e. The Morgan fingerprint density at radius 1 is 1.08 bits per heavy atom. The highest BCUT2D eigenvalue weighted by atomic mass is 32.1. The Morgan fingerprint density at radius 3 is 2.46 bits per heavy atom. The van der Waals surface area contributed by atoms with E-state index in [2.05, 4.69) is 48.4 Å². The first-order valence-electron chi connectivity index (χ1n) is 8.10. The molecular formula is C19H20N2OS2. The molecule has 0 bridgehead atoms. The summed E-state index contributed by atoms with van der Waals surface area (Å²) in [6.07, 6.45) is 2.12. The van der Waals surface area contributed by atoms with Crippen LogP contribution in [0, 0.1) is 0 Å². The molecule has 0 saturated heterocycles. The van der Waals surface area contributed by atoms with Gasteiger partial charge in [0.05, 0.1) is 17.0 Å². The number of amides is 1. The smallest absolute Gasteiger partial charge is 0.230 e. The normalized spacial score (nSPS) is 10.8. The second kappa shape index (κ2) is 7.73. The van der Waals surface area contributed by atoms with Gasteiger partial charge in [0.25, 0.3) is 0 Å². The van der Waals surface area contributed by atoms with Crippen molar-refractivity contribution in [3.05, 3.63) is 57.9 Å². The monoisotopic (exact) mass is 356 g/mol. The van der Waals surface area contributed by atoms with E-state index in [1.165, 1.54) is 11.1 Å². The fourth-order valence-corrected chi connectivity index (χ4v) is 4.29. The summed E-state index contributed by atoms with van der Waals surface area (Å²) in [7, 11) is 0. The van der Waals surface area contributed by atoms with Gasteiger partial charge in [-0.2, -0.15) is 0 Å². The van der Waals surface area contributed by atoms with Crippen LogP contribution in [0.3, 0.4) is 0 Å². The molecule has 0 aliphatic rings. The number of rotatable bonds is 6. The molecule has 0 fully saturated rings. The molecule has 0 aliphatic carbocycles. The average Bonchev–Trinajstić information content (AvgIpc) is 3.26. The van der Waals surface area contributed by atoms with E-state index in [9.17, 15) is 4.79 Å². The summed E-state index contributed by atoms with van der Waals surface area (Å²) in [6.45, 7) is 4.22. The number of nitrogens with one attached hydrogen (secondary N) is 1. The van der Waals surface area contributed by atoms with Crippen LogP contribution in [0.25, 0.3) is 9.88 Å². The third-order valence-corrected chi connectivity index (χ3v) is 5.82. The number of aromatic nitrogens is 1. The fourth-order valence-electron chi connectivity index (χ4n) is 2.65. The SMILES string of the molecule is CCc1cccc(CC)c1NC(=O)Cc1csc(-c2cccs2)n1. The largest absolute Gasteiger partial charge is 0.325 e. The maximum Gasteiger partial charge on any atom is 0.230 e. The van der Waals surface area contributed by atoms with Crippen molar-refractivity contribution in [1.82, 2.24) is 4.98 Å². The molecule has 3 rings (SSSR count). The van der Waals surface area contributed by atoms with Crippen LogP contribution in [-0.2, 0) is 24.1 Å². The Labute approximate surface area is 150 Å². The lowest BCUT2D eigenvalue weighted by atomic mass is 10.0. The van der Waals surface area contributed by atoms with Gasteiger partial charge in [-0.1, -0.05) is 38.1 Å². The Balaban J connectivity index is 1.73. The van der Waals surface area contributed by atoms with E-state index in [1.54, 1.807) is 22.7 Å². The third kappa shape index (κ3) is 3.74. The summed E-state index contributed by atoms with van der Waals surface area (Å²) >= 11 is 3.26. The van der Waals surface area contributed by atoms with E-state index in [-0.39, 0.29) is 5.91 Å². The van der Waals surface area contributed by atoms with Crippen LogP contribution in [0.4, 0.5) is 5.69 Å². The first-order chi connectivity index (χ1) is 11.7. The third-order valence-electron chi connectivity index (χ3n) is 3.89. The Hall–Kier alpha value is -1.98. The molecule has 0 spiro atoms. The molecule has 0 saturated carbocycles. The van der Waals surface area contributed by atoms with Crippen LogP contribution >= 0.6 is 22.7 Å². The molecule has 0 aliphatic heterocycles. The lowest BCUT2D eigenvalue weighted by molar-refractivity contribution is -0.115. The predicted molar refractivity (Wildman–Crippen MR) is 103 cm³/mol. The number of carbonyl (C=O) groups is 1. The van der Waals surface area contributed by atoms with Crippen LogP contribution < -0.4 is 5.32 Å². The maximum atomic E-state index is 12.5. The maximum absolute atomic E-state index is 12.5. The zero-order valence-electron chi connectivity index (χ0n) is 13.8. The molecule has 2 heterocycles. The van der Waals surface area contributed by atoms with Crippen molar-refractivity contribution in [2.24, 2.45) is 0 Å². The van der Waals surface area contributed by atoms with E-state index >= 15 is 0 Å². The van der Waals surface area contributed by atoms with Gasteiger partial charge >= 0.3 is 0 Å². The molecule has 1 N–H and O–H groups in total. The molecule has 24 heavy (non-hydrogen) atoms. The Kier molecular flexibility index (Phi) is 5.43. The number of aryl methyl sites for hydroxylation is 2. The predicted octanol–water partition coefficient (Wildman–Crippen LogP) is 5.18. The van der Waals surface area contributed by atoms with E-state index in [4.69, 9.17) is 0 Å². The van der Waals surface area contributed by atoms with Gasteiger partial charge in [-0.15, -0.1) is 22.7 Å². The molecule has 2 aromatic heterocycles. The van der Waals surface area contributed by atoms with Gasteiger partial charge in [-0.3, -0.25) is 4.79 Å². The number of benzene rings is 1. The lowest BCUT2D eigenvalue weighted by Gasteiger charge is -2.14. The number of thiazole rings is 1. The van der Waals surface area contributed by atoms with E-state index in [1.807, 2.05) is 16.8 Å². The second-order valence-electron chi connectivity index (χ2n) is 5.50. The zero-order valence-corrected chi connectivity index (χ0v) is 15.5. The topological polar surface area (TPSA) is 42.0 Å². The van der Waals surface area contributed by atoms with Gasteiger partial charge in [-0.05, 0) is 35.4 Å². The molecule has 3 nitrogen and oxygen atoms in total. The number of para-hydroxylation sites is 1. The summed E-state index contributed by atoms with van der Waals surface area (Å²) < 4.78 is 0. The van der Waals surface area contributed by atoms with Crippen LogP contribution in [0.5, 0.6) is 0 Å². The standard InChI is InChI=1S/C19H20N2OS2/c1-3-13-7-5-8-14(4-2)18(13)21-17(22)11-15-12-24-19(20-15)16-9-6-10-23-16/h5-10,12H,3-4,11H2,1-2H3,(H,21,22). The quantitative estimate of drug-likeness (QED) is 0.661. The average molecular weight is 357 g/mol. The zero-order chi connectivity index (χ0) is 16.9. The molecule has 0 unspecified atom stereocenters. The number of carbonyl (C=O) groups excluding carboxylic acids is 1. The van der Waals surface area contributed by atoms with E-state index < -0.39 is 0 Å². The van der Waals surface area contributed by atoms with Crippen molar-refractivity contribution in [2.45, 2.75) is 33.1 Å². The van der Waals surface area contributed by atoms with Crippen LogP contribution in [0.2, 0.25) is 0 Å². The minimum absolute atomic E-state index is 0.00590. The Bertz CT molecular complexity index is 800. The summed E-state index contributed by atoms with van der Waals surface area (Å²) in [5.41, 5.74) is 4.16. The molecule has 1 aromatic carbocycles. The number of hydrogen-bond donors (Lipinski definition) is 1. The number of nitrogens with zero attached hydrogens (tertiary/aromatic N) is 1. The first kappa shape index (κ1) is 16.9. The molecule has 3 aromatic rings. The molecular weight excluding hydrogens is 336 g/mol. The van der Waals surface area contributed by atoms with Gasteiger partial charge < -0.3 is 5.32 Å². The summed E-state index contributed by atoms with van der Waals surface area (Å²) in [5.74, 6) is -0.00590. The molecule has 0 radical (unpaired) electrons. The number of thiophene rings is 1. The summed E-state index contributed by atoms with van der Waals surface area (Å²) in [5, 5.41) is 8.10. The second-order valence-corrected chi connectivity index (χ2v) is 7.31. The minimum atomic E-state index is -0.00590. The van der Waals surface area contributed by atoms with Crippen molar-refractivity contribution in [1.29, 1.82) is 0 Å². The summed E-state index contributed by atoms with van der Waals surface area (Å²) in [4.78, 5) is 18.2. The molecule has 124 valence electrons.